The number of esters is 1. The van der Waals surface area contributed by atoms with Crippen LogP contribution in [0.15, 0.2) is 54.6 Å². The third kappa shape index (κ3) is 8.35. The number of benzene rings is 3. The lowest BCUT2D eigenvalue weighted by Crippen LogP contribution is -2.49. The van der Waals surface area contributed by atoms with Crippen LogP contribution in [-0.2, 0) is 27.2 Å². The summed E-state index contributed by atoms with van der Waals surface area (Å²) in [5.41, 5.74) is 2.53. The molecule has 1 aliphatic rings. The Morgan fingerprint density at radius 3 is 2.15 bits per heavy atom. The van der Waals surface area contributed by atoms with E-state index in [1.807, 2.05) is 49.4 Å². The fraction of sp³-hybridized carbons (Fsp3) is 0.444. The fourth-order valence-electron chi connectivity index (χ4n) is 5.81. The molecule has 1 heterocycles. The fourth-order valence-corrected chi connectivity index (χ4v) is 5.81. The van der Waals surface area contributed by atoms with Crippen molar-refractivity contribution < 1.29 is 42.7 Å². The van der Waals surface area contributed by atoms with E-state index in [1.54, 1.807) is 31.3 Å². The van der Waals surface area contributed by atoms with E-state index in [1.165, 1.54) is 21.3 Å². The maximum Gasteiger partial charge on any atom is 0.329 e. The highest BCUT2D eigenvalue weighted by Crippen LogP contribution is 2.39. The molecule has 2 unspecified atom stereocenters. The van der Waals surface area contributed by atoms with Gasteiger partial charge in [0.15, 0.2) is 23.0 Å². The van der Waals surface area contributed by atoms with Gasteiger partial charge in [-0.05, 0) is 92.1 Å². The number of carbonyl (C=O) groups excluding carboxylic acids is 2. The van der Waals surface area contributed by atoms with E-state index >= 15 is 0 Å². The molecule has 0 spiro atoms. The van der Waals surface area contributed by atoms with Gasteiger partial charge in [-0.15, -0.1) is 0 Å². The van der Waals surface area contributed by atoms with E-state index in [2.05, 4.69) is 0 Å². The number of nitrogens with zero attached hydrogens (tertiary/aromatic N) is 1. The molecule has 10 nitrogen and oxygen atoms in total. The quantitative estimate of drug-likeness (QED) is 0.187. The van der Waals surface area contributed by atoms with Crippen LogP contribution in [0.25, 0.3) is 0 Å². The van der Waals surface area contributed by atoms with Gasteiger partial charge in [0.1, 0.15) is 17.9 Å². The van der Waals surface area contributed by atoms with Crippen molar-refractivity contribution in [3.63, 3.8) is 0 Å². The van der Waals surface area contributed by atoms with Crippen LogP contribution < -0.4 is 28.4 Å². The second-order valence-corrected chi connectivity index (χ2v) is 11.0. The first kappa shape index (κ1) is 34.3. The van der Waals surface area contributed by atoms with Gasteiger partial charge in [0.05, 0.1) is 48.6 Å². The predicted molar refractivity (Wildman–Crippen MR) is 173 cm³/mol. The minimum Gasteiger partial charge on any atom is -0.494 e. The Labute approximate surface area is 271 Å². The highest BCUT2D eigenvalue weighted by molar-refractivity contribution is 5.86. The Kier molecular flexibility index (Phi) is 12.4. The zero-order valence-electron chi connectivity index (χ0n) is 27.6. The molecule has 1 fully saturated rings. The van der Waals surface area contributed by atoms with Crippen molar-refractivity contribution in [3.05, 3.63) is 71.3 Å². The third-order valence-corrected chi connectivity index (χ3v) is 8.12. The minimum absolute atomic E-state index is 0.0691. The molecule has 1 saturated heterocycles. The first-order chi connectivity index (χ1) is 22.3. The van der Waals surface area contributed by atoms with Crippen molar-refractivity contribution in [2.45, 2.75) is 57.6 Å². The monoisotopic (exact) mass is 635 g/mol. The van der Waals surface area contributed by atoms with E-state index in [0.29, 0.717) is 72.5 Å². The number of rotatable bonds is 15. The molecule has 248 valence electrons. The first-order valence-corrected chi connectivity index (χ1v) is 15.6. The van der Waals surface area contributed by atoms with Crippen molar-refractivity contribution >= 4 is 11.9 Å². The number of piperidine rings is 1. The summed E-state index contributed by atoms with van der Waals surface area (Å²) in [7, 11) is 7.80. The average molecular weight is 636 g/mol. The van der Waals surface area contributed by atoms with E-state index in [4.69, 9.17) is 33.2 Å². The molecule has 3 aromatic rings. The smallest absolute Gasteiger partial charge is 0.329 e. The lowest BCUT2D eigenvalue weighted by atomic mass is 9.99. The summed E-state index contributed by atoms with van der Waals surface area (Å²) in [4.78, 5) is 29.2. The summed E-state index contributed by atoms with van der Waals surface area (Å²) in [6, 6.07) is 16.2. The zero-order chi connectivity index (χ0) is 33.1. The molecular formula is C36H45NO9. The molecule has 0 aromatic heterocycles. The predicted octanol–water partition coefficient (Wildman–Crippen LogP) is 5.97. The summed E-state index contributed by atoms with van der Waals surface area (Å²) < 4.78 is 39.2. The van der Waals surface area contributed by atoms with Gasteiger partial charge in [-0.25, -0.2) is 4.79 Å². The van der Waals surface area contributed by atoms with Gasteiger partial charge in [-0.2, -0.15) is 0 Å². The summed E-state index contributed by atoms with van der Waals surface area (Å²) in [5.74, 6) is 2.77. The van der Waals surface area contributed by atoms with Gasteiger partial charge in [0.2, 0.25) is 11.7 Å². The first-order valence-electron chi connectivity index (χ1n) is 15.6. The van der Waals surface area contributed by atoms with Crippen LogP contribution in [0.3, 0.4) is 0 Å². The second kappa shape index (κ2) is 16.6. The molecule has 0 aliphatic carbocycles. The highest BCUT2D eigenvalue weighted by atomic mass is 16.5. The maximum absolute atomic E-state index is 13.9. The van der Waals surface area contributed by atoms with Crippen LogP contribution in [0.2, 0.25) is 0 Å². The standard InChI is InChI=1S/C36H45NO9/c1-7-45-27-12-10-11-26(23-27)29(16-14-24-15-17-30(40-2)31(19-24)41-3)46-36(39)28-13-8-9-18-37(28)34(38)22-25-20-32(42-4)35(44-6)33(21-25)43-5/h10-12,15,17,19-21,23,28-29H,7-9,13-14,16,18,22H2,1-6H3. The minimum atomic E-state index is -0.693. The molecule has 1 aliphatic heterocycles. The van der Waals surface area contributed by atoms with E-state index < -0.39 is 18.1 Å². The number of amides is 1. The van der Waals surface area contributed by atoms with Gasteiger partial charge in [0.25, 0.3) is 0 Å². The number of hydrogen-bond donors (Lipinski definition) is 0. The lowest BCUT2D eigenvalue weighted by molar-refractivity contribution is -0.162. The Morgan fingerprint density at radius 1 is 0.804 bits per heavy atom. The summed E-state index contributed by atoms with van der Waals surface area (Å²) in [6.45, 7) is 2.91. The Hall–Kier alpha value is -4.60. The van der Waals surface area contributed by atoms with E-state index in [0.717, 1.165) is 24.0 Å². The number of aryl methyl sites for hydroxylation is 1. The van der Waals surface area contributed by atoms with Crippen LogP contribution in [0.5, 0.6) is 34.5 Å². The van der Waals surface area contributed by atoms with Crippen molar-refractivity contribution in [1.82, 2.24) is 4.90 Å². The van der Waals surface area contributed by atoms with E-state index in [9.17, 15) is 9.59 Å². The average Bonchev–Trinajstić information content (AvgIpc) is 3.09. The zero-order valence-corrected chi connectivity index (χ0v) is 27.6. The van der Waals surface area contributed by atoms with Crippen LogP contribution in [0.1, 0.15) is 55.4 Å². The molecule has 1 amide bonds. The Morgan fingerprint density at radius 2 is 1.50 bits per heavy atom. The van der Waals surface area contributed by atoms with Crippen LogP contribution in [-0.4, -0.2) is 71.5 Å². The van der Waals surface area contributed by atoms with Crippen molar-refractivity contribution in [2.24, 2.45) is 0 Å². The maximum atomic E-state index is 13.9. The van der Waals surface area contributed by atoms with Gasteiger partial charge in [-0.3, -0.25) is 4.79 Å². The van der Waals surface area contributed by atoms with Crippen molar-refractivity contribution in [3.8, 4) is 34.5 Å². The second-order valence-electron chi connectivity index (χ2n) is 11.0. The number of likely N-dealkylation sites (tertiary alicyclic amines) is 1. The number of ether oxygens (including phenoxy) is 7. The molecular weight excluding hydrogens is 590 g/mol. The number of methoxy groups -OCH3 is 5. The largest absolute Gasteiger partial charge is 0.494 e. The molecule has 0 N–H and O–H groups in total. The van der Waals surface area contributed by atoms with Crippen LogP contribution in [0, 0.1) is 0 Å². The Bertz CT molecular complexity index is 1450. The van der Waals surface area contributed by atoms with Gasteiger partial charge in [-0.1, -0.05) is 18.2 Å². The van der Waals surface area contributed by atoms with Gasteiger partial charge >= 0.3 is 5.97 Å². The normalized spacial score (nSPS) is 15.0. The molecule has 0 saturated carbocycles. The Balaban J connectivity index is 1.55. The highest BCUT2D eigenvalue weighted by Gasteiger charge is 2.35. The van der Waals surface area contributed by atoms with Gasteiger partial charge < -0.3 is 38.1 Å². The number of carbonyl (C=O) groups is 2. The lowest BCUT2D eigenvalue weighted by Gasteiger charge is -2.35. The summed E-state index contributed by atoms with van der Waals surface area (Å²) in [6.07, 6.45) is 2.80. The van der Waals surface area contributed by atoms with Crippen LogP contribution >= 0.6 is 0 Å². The SMILES string of the molecule is CCOc1cccc(C(CCc2ccc(OC)c(OC)c2)OC(=O)C2CCCCN2C(=O)Cc2cc(OC)c(OC)c(OC)c2)c1. The van der Waals surface area contributed by atoms with Gasteiger partial charge in [0, 0.05) is 6.54 Å². The molecule has 0 radical (unpaired) electrons. The molecule has 10 heteroatoms. The summed E-state index contributed by atoms with van der Waals surface area (Å²) >= 11 is 0. The summed E-state index contributed by atoms with van der Waals surface area (Å²) in [5, 5.41) is 0. The third-order valence-electron chi connectivity index (χ3n) is 8.12. The molecule has 2 atom stereocenters. The van der Waals surface area contributed by atoms with Crippen molar-refractivity contribution in [1.29, 1.82) is 0 Å². The number of hydrogen-bond acceptors (Lipinski definition) is 9. The van der Waals surface area contributed by atoms with Crippen molar-refractivity contribution in [2.75, 3.05) is 48.7 Å². The van der Waals surface area contributed by atoms with Crippen LogP contribution in [0.4, 0.5) is 0 Å². The van der Waals surface area contributed by atoms with E-state index in [-0.39, 0.29) is 12.3 Å². The topological polar surface area (TPSA) is 102 Å². The molecule has 3 aromatic carbocycles. The molecule has 0 bridgehead atoms. The molecule has 46 heavy (non-hydrogen) atoms. The molecule has 4 rings (SSSR count).